The number of rotatable bonds is 2. The Labute approximate surface area is 98.8 Å². The SMILES string of the molecule is Cc1cc(/C(C#N)=C/N(C)C)n2ncnc2n1. The maximum absolute atomic E-state index is 9.19. The molecule has 2 rings (SSSR count). The Morgan fingerprint density at radius 3 is 2.94 bits per heavy atom. The molecule has 0 bridgehead atoms. The van der Waals surface area contributed by atoms with E-state index in [1.54, 1.807) is 10.7 Å². The predicted molar refractivity (Wildman–Crippen MR) is 62.8 cm³/mol. The summed E-state index contributed by atoms with van der Waals surface area (Å²) >= 11 is 0. The van der Waals surface area contributed by atoms with Gasteiger partial charge in [0.25, 0.3) is 5.78 Å². The predicted octanol–water partition coefficient (Wildman–Crippen LogP) is 0.859. The smallest absolute Gasteiger partial charge is 0.252 e. The molecule has 0 amide bonds. The lowest BCUT2D eigenvalue weighted by atomic mass is 10.2. The van der Waals surface area contributed by atoms with Crippen LogP contribution in [0.2, 0.25) is 0 Å². The highest BCUT2D eigenvalue weighted by Gasteiger charge is 2.10. The number of aryl methyl sites for hydroxylation is 1. The van der Waals surface area contributed by atoms with Crippen LogP contribution in [0.25, 0.3) is 11.4 Å². The summed E-state index contributed by atoms with van der Waals surface area (Å²) in [7, 11) is 3.73. The summed E-state index contributed by atoms with van der Waals surface area (Å²) in [6, 6.07) is 3.98. The Balaban J connectivity index is 2.69. The second-order valence-electron chi connectivity index (χ2n) is 3.87. The number of aromatic nitrogens is 4. The van der Waals surface area contributed by atoms with E-state index in [1.807, 2.05) is 32.0 Å². The number of nitrogens with zero attached hydrogens (tertiary/aromatic N) is 6. The summed E-state index contributed by atoms with van der Waals surface area (Å²) in [4.78, 5) is 10.1. The molecule has 0 radical (unpaired) electrons. The number of allylic oxidation sites excluding steroid dienone is 1. The topological polar surface area (TPSA) is 70.1 Å². The lowest BCUT2D eigenvalue weighted by Crippen LogP contribution is -2.06. The molecule has 17 heavy (non-hydrogen) atoms. The van der Waals surface area contributed by atoms with Crippen molar-refractivity contribution in [2.24, 2.45) is 0 Å². The van der Waals surface area contributed by atoms with Gasteiger partial charge in [0.15, 0.2) is 0 Å². The Kier molecular flexibility index (Phi) is 2.75. The summed E-state index contributed by atoms with van der Waals surface area (Å²) < 4.78 is 1.56. The van der Waals surface area contributed by atoms with Crippen LogP contribution in [-0.2, 0) is 0 Å². The van der Waals surface area contributed by atoms with Gasteiger partial charge in [0.2, 0.25) is 0 Å². The normalized spacial score (nSPS) is 11.5. The molecule has 0 aliphatic carbocycles. The molecule has 2 heterocycles. The fraction of sp³-hybridized carbons (Fsp3) is 0.273. The highest BCUT2D eigenvalue weighted by molar-refractivity contribution is 5.75. The van der Waals surface area contributed by atoms with Gasteiger partial charge in [0.1, 0.15) is 12.4 Å². The van der Waals surface area contributed by atoms with Crippen molar-refractivity contribution in [1.29, 1.82) is 5.26 Å². The second kappa shape index (κ2) is 4.22. The summed E-state index contributed by atoms with van der Waals surface area (Å²) in [6.45, 7) is 1.86. The van der Waals surface area contributed by atoms with Crippen LogP contribution >= 0.6 is 0 Å². The van der Waals surface area contributed by atoms with E-state index in [-0.39, 0.29) is 0 Å². The van der Waals surface area contributed by atoms with Crippen LogP contribution in [0.4, 0.5) is 0 Å². The molecule has 6 heteroatoms. The zero-order valence-corrected chi connectivity index (χ0v) is 9.92. The van der Waals surface area contributed by atoms with Gasteiger partial charge in [-0.25, -0.2) is 4.98 Å². The van der Waals surface area contributed by atoms with Crippen LogP contribution in [0.15, 0.2) is 18.6 Å². The van der Waals surface area contributed by atoms with E-state index < -0.39 is 0 Å². The molecule has 2 aromatic rings. The maximum atomic E-state index is 9.19. The molecule has 86 valence electrons. The minimum absolute atomic E-state index is 0.500. The van der Waals surface area contributed by atoms with Crippen molar-refractivity contribution in [2.75, 3.05) is 14.1 Å². The summed E-state index contributed by atoms with van der Waals surface area (Å²) in [5, 5.41) is 13.3. The van der Waals surface area contributed by atoms with Gasteiger partial charge in [0.05, 0.1) is 11.3 Å². The summed E-state index contributed by atoms with van der Waals surface area (Å²) in [6.07, 6.45) is 3.17. The molecule has 0 aliphatic heterocycles. The first-order chi connectivity index (χ1) is 8.11. The van der Waals surface area contributed by atoms with Crippen molar-refractivity contribution >= 4 is 11.4 Å². The molecule has 6 nitrogen and oxygen atoms in total. The van der Waals surface area contributed by atoms with Crippen LogP contribution < -0.4 is 0 Å². The fourth-order valence-corrected chi connectivity index (χ4v) is 1.53. The maximum Gasteiger partial charge on any atom is 0.252 e. The van der Waals surface area contributed by atoms with E-state index in [1.165, 1.54) is 6.33 Å². The van der Waals surface area contributed by atoms with Crippen molar-refractivity contribution in [3.05, 3.63) is 30.0 Å². The van der Waals surface area contributed by atoms with Crippen LogP contribution in [0, 0.1) is 18.3 Å². The number of hydrogen-bond donors (Lipinski definition) is 0. The third-order valence-corrected chi connectivity index (χ3v) is 2.16. The highest BCUT2D eigenvalue weighted by Crippen LogP contribution is 2.15. The van der Waals surface area contributed by atoms with Gasteiger partial charge in [-0.3, -0.25) is 0 Å². The van der Waals surface area contributed by atoms with Crippen LogP contribution in [0.5, 0.6) is 0 Å². The van der Waals surface area contributed by atoms with E-state index >= 15 is 0 Å². The minimum atomic E-state index is 0.500. The Bertz CT molecular complexity index is 616. The molecule has 0 spiro atoms. The van der Waals surface area contributed by atoms with Crippen LogP contribution in [0.3, 0.4) is 0 Å². The molecule has 0 fully saturated rings. The third kappa shape index (κ3) is 2.08. The van der Waals surface area contributed by atoms with Crippen molar-refractivity contribution in [2.45, 2.75) is 6.92 Å². The largest absolute Gasteiger partial charge is 0.382 e. The molecule has 0 unspecified atom stereocenters. The van der Waals surface area contributed by atoms with Gasteiger partial charge in [-0.15, -0.1) is 0 Å². The van der Waals surface area contributed by atoms with Crippen LogP contribution in [-0.4, -0.2) is 38.6 Å². The zero-order chi connectivity index (χ0) is 12.4. The van der Waals surface area contributed by atoms with Gasteiger partial charge in [-0.2, -0.15) is 19.9 Å². The quantitative estimate of drug-likeness (QED) is 0.713. The average Bonchev–Trinajstić information content (AvgIpc) is 2.72. The fourth-order valence-electron chi connectivity index (χ4n) is 1.53. The number of hydrogen-bond acceptors (Lipinski definition) is 5. The second-order valence-corrected chi connectivity index (χ2v) is 3.87. The summed E-state index contributed by atoms with van der Waals surface area (Å²) in [5.74, 6) is 0.500. The van der Waals surface area contributed by atoms with E-state index in [0.717, 1.165) is 5.69 Å². The standard InChI is InChI=1S/C11H12N6/c1-8-4-10(9(5-12)6-16(2)3)17-11(15-8)13-7-14-17/h4,6-7H,1-3H3/b9-6+. The van der Waals surface area contributed by atoms with Crippen molar-refractivity contribution in [1.82, 2.24) is 24.5 Å². The monoisotopic (exact) mass is 228 g/mol. The molecule has 0 saturated heterocycles. The number of nitriles is 1. The van der Waals surface area contributed by atoms with Gasteiger partial charge < -0.3 is 4.90 Å². The first kappa shape index (κ1) is 11.1. The molecule has 0 aliphatic rings. The van der Waals surface area contributed by atoms with Crippen molar-refractivity contribution in [3.8, 4) is 6.07 Å². The lowest BCUT2D eigenvalue weighted by molar-refractivity contribution is 0.565. The lowest BCUT2D eigenvalue weighted by Gasteiger charge is -2.08. The average molecular weight is 228 g/mol. The van der Waals surface area contributed by atoms with E-state index in [9.17, 15) is 5.26 Å². The molecular weight excluding hydrogens is 216 g/mol. The van der Waals surface area contributed by atoms with Crippen molar-refractivity contribution < 1.29 is 0 Å². The molecular formula is C11H12N6. The van der Waals surface area contributed by atoms with Gasteiger partial charge in [-0.1, -0.05) is 0 Å². The Morgan fingerprint density at radius 2 is 2.29 bits per heavy atom. The van der Waals surface area contributed by atoms with E-state index in [2.05, 4.69) is 21.1 Å². The van der Waals surface area contributed by atoms with Crippen molar-refractivity contribution in [3.63, 3.8) is 0 Å². The first-order valence-electron chi connectivity index (χ1n) is 5.08. The zero-order valence-electron chi connectivity index (χ0n) is 9.92. The van der Waals surface area contributed by atoms with Gasteiger partial charge >= 0.3 is 0 Å². The molecule has 0 N–H and O–H groups in total. The highest BCUT2D eigenvalue weighted by atomic mass is 15.3. The molecule has 2 aromatic heterocycles. The minimum Gasteiger partial charge on any atom is -0.382 e. The first-order valence-corrected chi connectivity index (χ1v) is 5.08. The summed E-state index contributed by atoms with van der Waals surface area (Å²) in [5.41, 5.74) is 2.03. The molecule has 0 saturated carbocycles. The van der Waals surface area contributed by atoms with Crippen LogP contribution in [0.1, 0.15) is 11.4 Å². The Morgan fingerprint density at radius 1 is 1.53 bits per heavy atom. The van der Waals surface area contributed by atoms with Gasteiger partial charge in [0, 0.05) is 26.0 Å². The molecule has 0 aromatic carbocycles. The van der Waals surface area contributed by atoms with E-state index in [4.69, 9.17) is 0 Å². The third-order valence-electron chi connectivity index (χ3n) is 2.16. The Hall–Kier alpha value is -2.42. The number of fused-ring (bicyclic) bond motifs is 1. The van der Waals surface area contributed by atoms with E-state index in [0.29, 0.717) is 17.0 Å². The van der Waals surface area contributed by atoms with Gasteiger partial charge in [-0.05, 0) is 13.0 Å². The molecule has 0 atom stereocenters.